The molecule has 0 amide bonds. The molecule has 1 atom stereocenters. The minimum Gasteiger partial charge on any atom is -0.491 e. The van der Waals surface area contributed by atoms with Crippen LogP contribution in [0, 0.1) is 0 Å². The fourth-order valence-electron chi connectivity index (χ4n) is 1.72. The molecule has 2 aromatic rings. The highest BCUT2D eigenvalue weighted by molar-refractivity contribution is 6.30. The van der Waals surface area contributed by atoms with Crippen LogP contribution in [-0.4, -0.2) is 27.6 Å². The SMILES string of the molecule is CCc1ccc(OCC(O)Cn2cc(Cl)cn2)cc1. The zero-order chi connectivity index (χ0) is 13.7. The molecule has 2 rings (SSSR count). The molecule has 0 saturated heterocycles. The van der Waals surface area contributed by atoms with Gasteiger partial charge in [0.25, 0.3) is 0 Å². The summed E-state index contributed by atoms with van der Waals surface area (Å²) in [4.78, 5) is 0. The van der Waals surface area contributed by atoms with Crippen molar-refractivity contribution in [1.82, 2.24) is 9.78 Å². The molecule has 0 saturated carbocycles. The Morgan fingerprint density at radius 1 is 1.37 bits per heavy atom. The van der Waals surface area contributed by atoms with E-state index in [0.717, 1.165) is 12.2 Å². The molecule has 1 N–H and O–H groups in total. The Balaban J connectivity index is 1.80. The number of ether oxygens (including phenoxy) is 1. The molecule has 0 radical (unpaired) electrons. The van der Waals surface area contributed by atoms with Crippen molar-refractivity contribution in [3.8, 4) is 5.75 Å². The van der Waals surface area contributed by atoms with E-state index in [4.69, 9.17) is 16.3 Å². The molecule has 0 aliphatic rings. The number of halogens is 1. The van der Waals surface area contributed by atoms with Gasteiger partial charge in [0.2, 0.25) is 0 Å². The van der Waals surface area contributed by atoms with Gasteiger partial charge in [-0.25, -0.2) is 0 Å². The summed E-state index contributed by atoms with van der Waals surface area (Å²) in [6.45, 7) is 2.69. The van der Waals surface area contributed by atoms with Gasteiger partial charge in [0, 0.05) is 6.20 Å². The molecule has 4 nitrogen and oxygen atoms in total. The first-order chi connectivity index (χ1) is 9.17. The molecule has 0 aliphatic carbocycles. The lowest BCUT2D eigenvalue weighted by atomic mass is 10.2. The predicted molar refractivity (Wildman–Crippen MR) is 74.6 cm³/mol. The minimum absolute atomic E-state index is 0.225. The van der Waals surface area contributed by atoms with E-state index in [-0.39, 0.29) is 6.61 Å². The summed E-state index contributed by atoms with van der Waals surface area (Å²) in [6, 6.07) is 7.87. The lowest BCUT2D eigenvalue weighted by Gasteiger charge is -2.12. The van der Waals surface area contributed by atoms with Gasteiger partial charge in [-0.2, -0.15) is 5.10 Å². The average molecular weight is 281 g/mol. The van der Waals surface area contributed by atoms with Gasteiger partial charge in [-0.15, -0.1) is 0 Å². The Kier molecular flexibility index (Phi) is 4.82. The maximum Gasteiger partial charge on any atom is 0.119 e. The van der Waals surface area contributed by atoms with E-state index in [2.05, 4.69) is 12.0 Å². The van der Waals surface area contributed by atoms with Gasteiger partial charge in [0.15, 0.2) is 0 Å². The molecule has 1 heterocycles. The fourth-order valence-corrected chi connectivity index (χ4v) is 1.88. The normalized spacial score (nSPS) is 12.4. The van der Waals surface area contributed by atoms with Crippen molar-refractivity contribution in [3.05, 3.63) is 47.2 Å². The van der Waals surface area contributed by atoms with Gasteiger partial charge >= 0.3 is 0 Å². The second kappa shape index (κ2) is 6.59. The van der Waals surface area contributed by atoms with Gasteiger partial charge in [-0.3, -0.25) is 4.68 Å². The number of hydrogen-bond acceptors (Lipinski definition) is 3. The van der Waals surface area contributed by atoms with Crippen molar-refractivity contribution < 1.29 is 9.84 Å². The lowest BCUT2D eigenvalue weighted by molar-refractivity contribution is 0.0893. The highest BCUT2D eigenvalue weighted by Crippen LogP contribution is 2.13. The highest BCUT2D eigenvalue weighted by atomic mass is 35.5. The van der Waals surface area contributed by atoms with Gasteiger partial charge in [0.05, 0.1) is 17.8 Å². The number of benzene rings is 1. The second-order valence-corrected chi connectivity index (χ2v) is 4.78. The molecule has 0 aliphatic heterocycles. The first kappa shape index (κ1) is 13.9. The summed E-state index contributed by atoms with van der Waals surface area (Å²) in [5, 5.41) is 14.4. The first-order valence-electron chi connectivity index (χ1n) is 6.25. The average Bonchev–Trinajstić information content (AvgIpc) is 2.82. The maximum atomic E-state index is 9.85. The Morgan fingerprint density at radius 3 is 2.68 bits per heavy atom. The van der Waals surface area contributed by atoms with Crippen molar-refractivity contribution >= 4 is 11.6 Å². The summed E-state index contributed by atoms with van der Waals surface area (Å²) in [6.07, 6.45) is 3.59. The van der Waals surface area contributed by atoms with Crippen LogP contribution in [0.4, 0.5) is 0 Å². The van der Waals surface area contributed by atoms with Crippen LogP contribution >= 0.6 is 11.6 Å². The quantitative estimate of drug-likeness (QED) is 0.884. The molecule has 1 aromatic carbocycles. The van der Waals surface area contributed by atoms with Gasteiger partial charge in [-0.05, 0) is 24.1 Å². The number of aryl methyl sites for hydroxylation is 1. The van der Waals surface area contributed by atoms with E-state index in [1.165, 1.54) is 5.56 Å². The van der Waals surface area contributed by atoms with Crippen LogP contribution in [0.15, 0.2) is 36.7 Å². The van der Waals surface area contributed by atoms with E-state index in [1.807, 2.05) is 24.3 Å². The molecule has 102 valence electrons. The van der Waals surface area contributed by atoms with E-state index >= 15 is 0 Å². The topological polar surface area (TPSA) is 47.3 Å². The molecule has 0 fully saturated rings. The summed E-state index contributed by atoms with van der Waals surface area (Å²) in [5.74, 6) is 0.759. The number of nitrogens with zero attached hydrogens (tertiary/aromatic N) is 2. The molecule has 5 heteroatoms. The van der Waals surface area contributed by atoms with E-state index in [1.54, 1.807) is 17.1 Å². The third-order valence-electron chi connectivity index (χ3n) is 2.77. The van der Waals surface area contributed by atoms with Crippen molar-refractivity contribution in [2.45, 2.75) is 26.0 Å². The smallest absolute Gasteiger partial charge is 0.119 e. The highest BCUT2D eigenvalue weighted by Gasteiger charge is 2.07. The zero-order valence-corrected chi connectivity index (χ0v) is 11.5. The van der Waals surface area contributed by atoms with Crippen LogP contribution < -0.4 is 4.74 Å². The molecule has 0 bridgehead atoms. The monoisotopic (exact) mass is 280 g/mol. The van der Waals surface area contributed by atoms with Crippen LogP contribution in [-0.2, 0) is 13.0 Å². The van der Waals surface area contributed by atoms with Crippen molar-refractivity contribution in [2.24, 2.45) is 0 Å². The van der Waals surface area contributed by atoms with Gasteiger partial charge < -0.3 is 9.84 Å². The predicted octanol–water partition coefficient (Wildman–Crippen LogP) is 2.54. The van der Waals surface area contributed by atoms with E-state index in [9.17, 15) is 5.11 Å². The Bertz CT molecular complexity index is 510. The zero-order valence-electron chi connectivity index (χ0n) is 10.8. The van der Waals surface area contributed by atoms with Gasteiger partial charge in [0.1, 0.15) is 18.5 Å². The lowest BCUT2D eigenvalue weighted by Crippen LogP contribution is -2.23. The van der Waals surface area contributed by atoms with Crippen molar-refractivity contribution in [3.63, 3.8) is 0 Å². The number of rotatable bonds is 6. The van der Waals surface area contributed by atoms with E-state index < -0.39 is 6.10 Å². The Hall–Kier alpha value is -1.52. The third kappa shape index (κ3) is 4.26. The van der Waals surface area contributed by atoms with Crippen LogP contribution in [0.25, 0.3) is 0 Å². The number of aromatic nitrogens is 2. The largest absolute Gasteiger partial charge is 0.491 e. The van der Waals surface area contributed by atoms with Crippen LogP contribution in [0.1, 0.15) is 12.5 Å². The summed E-state index contributed by atoms with van der Waals surface area (Å²) >= 11 is 5.75. The van der Waals surface area contributed by atoms with Crippen LogP contribution in [0.3, 0.4) is 0 Å². The van der Waals surface area contributed by atoms with Crippen LogP contribution in [0.5, 0.6) is 5.75 Å². The fraction of sp³-hybridized carbons (Fsp3) is 0.357. The minimum atomic E-state index is -0.623. The summed E-state index contributed by atoms with van der Waals surface area (Å²) in [5.41, 5.74) is 1.26. The molecular weight excluding hydrogens is 264 g/mol. The van der Waals surface area contributed by atoms with Crippen LogP contribution in [0.2, 0.25) is 5.02 Å². The van der Waals surface area contributed by atoms with Crippen molar-refractivity contribution in [2.75, 3.05) is 6.61 Å². The molecule has 19 heavy (non-hydrogen) atoms. The van der Waals surface area contributed by atoms with E-state index in [0.29, 0.717) is 11.6 Å². The van der Waals surface area contributed by atoms with Crippen molar-refractivity contribution in [1.29, 1.82) is 0 Å². The molecule has 1 aromatic heterocycles. The number of aliphatic hydroxyl groups excluding tert-OH is 1. The summed E-state index contributed by atoms with van der Waals surface area (Å²) < 4.78 is 7.12. The second-order valence-electron chi connectivity index (χ2n) is 4.34. The summed E-state index contributed by atoms with van der Waals surface area (Å²) in [7, 11) is 0. The Labute approximate surface area is 117 Å². The first-order valence-corrected chi connectivity index (χ1v) is 6.63. The Morgan fingerprint density at radius 2 is 2.11 bits per heavy atom. The van der Waals surface area contributed by atoms with Gasteiger partial charge in [-0.1, -0.05) is 30.7 Å². The molecular formula is C14H17ClN2O2. The maximum absolute atomic E-state index is 9.85. The standard InChI is InChI=1S/C14H17ClN2O2/c1-2-11-3-5-14(6-4-11)19-10-13(18)9-17-8-12(15)7-16-17/h3-8,13,18H,2,9-10H2,1H3. The molecule has 0 spiro atoms. The third-order valence-corrected chi connectivity index (χ3v) is 2.97. The molecule has 1 unspecified atom stereocenters. The number of aliphatic hydroxyl groups is 1. The number of hydrogen-bond donors (Lipinski definition) is 1.